The summed E-state index contributed by atoms with van der Waals surface area (Å²) >= 11 is -1.30. The molecule has 2 heterocycles. The average molecular weight is 690 g/mol. The number of carbonyl (C=O) groups excluding carboxylic acids is 5. The lowest BCUT2D eigenvalue weighted by molar-refractivity contribution is -0.145. The number of hydrogen-bond acceptors (Lipinski definition) is 8. The van der Waals surface area contributed by atoms with E-state index in [1.165, 1.54) is 11.0 Å². The molecule has 0 aromatic carbocycles. The number of fused-ring (bicyclic) bond motifs is 1. The Labute approximate surface area is 289 Å². The Morgan fingerprint density at radius 3 is 2.23 bits per heavy atom. The summed E-state index contributed by atoms with van der Waals surface area (Å²) in [4.78, 5) is 68.9. The molecule has 48 heavy (non-hydrogen) atoms. The fourth-order valence-corrected chi connectivity index (χ4v) is 7.77. The second-order valence-corrected chi connectivity index (χ2v) is 17.5. The molecule has 0 aromatic heterocycles. The fourth-order valence-electron chi connectivity index (χ4n) is 6.62. The predicted molar refractivity (Wildman–Crippen MR) is 185 cm³/mol. The largest absolute Gasteiger partial charge is 0.578 e. The zero-order chi connectivity index (χ0) is 36.4. The number of carbonyl (C=O) groups is 5. The second kappa shape index (κ2) is 15.2. The Kier molecular flexibility index (Phi) is 12.4. The molecule has 1 saturated carbocycles. The highest BCUT2D eigenvalue weighted by molar-refractivity contribution is 7.87. The van der Waals surface area contributed by atoms with Gasteiger partial charge in [0.05, 0.1) is 31.7 Å². The van der Waals surface area contributed by atoms with Gasteiger partial charge in [0, 0.05) is 26.6 Å². The number of likely N-dealkylation sites (N-methyl/N-ethyl adjacent to an activating group) is 1. The van der Waals surface area contributed by atoms with E-state index in [1.54, 1.807) is 11.4 Å². The van der Waals surface area contributed by atoms with Crippen LogP contribution >= 0.6 is 0 Å². The Morgan fingerprint density at radius 1 is 1.06 bits per heavy atom. The topological polar surface area (TPSA) is 166 Å². The van der Waals surface area contributed by atoms with Gasteiger partial charge in [-0.05, 0) is 34.5 Å². The van der Waals surface area contributed by atoms with Crippen LogP contribution in [0.1, 0.15) is 68.2 Å². The van der Waals surface area contributed by atoms with Crippen LogP contribution in [0.4, 0.5) is 4.79 Å². The number of nitrogens with zero attached hydrogens (tertiary/aromatic N) is 3. The maximum absolute atomic E-state index is 14.4. The van der Waals surface area contributed by atoms with Crippen molar-refractivity contribution in [3.63, 3.8) is 0 Å². The third kappa shape index (κ3) is 8.91. The molecule has 3 fully saturated rings. The highest BCUT2D eigenvalue weighted by Crippen LogP contribution is 2.65. The molecule has 0 aromatic rings. The Hall–Kier alpha value is -3.12. The van der Waals surface area contributed by atoms with Crippen molar-refractivity contribution in [2.75, 3.05) is 39.8 Å². The van der Waals surface area contributed by atoms with Gasteiger partial charge in [0.25, 0.3) is 5.91 Å². The molecule has 2 aliphatic heterocycles. The van der Waals surface area contributed by atoms with E-state index < -0.39 is 64.6 Å². The van der Waals surface area contributed by atoms with E-state index in [4.69, 9.17) is 6.42 Å². The number of nitrogens with one attached hydrogen (secondary N) is 4. The van der Waals surface area contributed by atoms with Gasteiger partial charge >= 0.3 is 6.03 Å². The van der Waals surface area contributed by atoms with Crippen molar-refractivity contribution in [2.45, 2.75) is 92.4 Å². The molecule has 0 spiro atoms. The summed E-state index contributed by atoms with van der Waals surface area (Å²) in [5.74, 6) is -0.309. The van der Waals surface area contributed by atoms with Gasteiger partial charge in [0.1, 0.15) is 23.6 Å². The van der Waals surface area contributed by atoms with Gasteiger partial charge in [0.2, 0.25) is 17.6 Å². The number of hydrogen-bond donors (Lipinski definition) is 4. The number of urea groups is 1. The third-order valence-electron chi connectivity index (χ3n) is 9.88. The molecule has 13 nitrogen and oxygen atoms in total. The Morgan fingerprint density at radius 2 is 1.71 bits per heavy atom. The minimum Gasteiger partial charge on any atom is -0.578 e. The molecule has 7 atom stereocenters. The van der Waals surface area contributed by atoms with Crippen molar-refractivity contribution in [2.24, 2.45) is 28.1 Å². The summed E-state index contributed by atoms with van der Waals surface area (Å²) in [7, 11) is 1.79. The molecule has 3 rings (SSSR count). The van der Waals surface area contributed by atoms with E-state index >= 15 is 0 Å². The average Bonchev–Trinajstić information content (AvgIpc) is 3.27. The molecule has 3 aliphatic rings. The summed E-state index contributed by atoms with van der Waals surface area (Å²) in [5, 5.41) is 11.1. The van der Waals surface area contributed by atoms with Crippen LogP contribution in [0.5, 0.6) is 0 Å². The molecule has 14 heteroatoms. The molecular weight excluding hydrogens is 634 g/mol. The first-order valence-electron chi connectivity index (χ1n) is 16.6. The van der Waals surface area contributed by atoms with Gasteiger partial charge in [-0.25, -0.2) is 4.79 Å². The SMILES string of the molecule is C#CCCC(NC(=O)[C@@H]1[C@@H]2[C@H](CN1C(=O)[C@@H](NC(=O)N[C@H](CN1CCN(C)[S+]1[O-])C(C)(C)C)C(C)(C)C)C2(C)C)C(=O)C(=O)NCC=C. The van der Waals surface area contributed by atoms with Crippen molar-refractivity contribution in [1.29, 1.82) is 0 Å². The molecule has 0 radical (unpaired) electrons. The van der Waals surface area contributed by atoms with Gasteiger partial charge in [-0.1, -0.05) is 61.5 Å². The van der Waals surface area contributed by atoms with Crippen LogP contribution in [0.2, 0.25) is 0 Å². The first-order chi connectivity index (χ1) is 22.2. The number of ketones is 1. The lowest BCUT2D eigenvalue weighted by atomic mass is 9.85. The van der Waals surface area contributed by atoms with Gasteiger partial charge in [-0.3, -0.25) is 19.2 Å². The first-order valence-corrected chi connectivity index (χ1v) is 17.7. The second-order valence-electron chi connectivity index (χ2n) is 15.9. The number of amides is 5. The van der Waals surface area contributed by atoms with Crippen molar-refractivity contribution in [3.8, 4) is 12.3 Å². The highest BCUT2D eigenvalue weighted by atomic mass is 32.2. The van der Waals surface area contributed by atoms with E-state index in [9.17, 15) is 28.5 Å². The number of terminal acetylenes is 1. The number of Topliss-reactive ketones (excluding diaryl/α,β-unsaturated/α-hetero) is 1. The highest BCUT2D eigenvalue weighted by Gasteiger charge is 2.70. The zero-order valence-corrected chi connectivity index (χ0v) is 30.8. The lowest BCUT2D eigenvalue weighted by Gasteiger charge is -2.39. The zero-order valence-electron chi connectivity index (χ0n) is 30.0. The quantitative estimate of drug-likeness (QED) is 0.0969. The monoisotopic (exact) mass is 689 g/mol. The minimum absolute atomic E-state index is 0.0483. The van der Waals surface area contributed by atoms with Crippen molar-refractivity contribution < 1.29 is 28.5 Å². The lowest BCUT2D eigenvalue weighted by Crippen LogP contribution is -2.62. The van der Waals surface area contributed by atoms with E-state index in [0.717, 1.165) is 0 Å². The van der Waals surface area contributed by atoms with Gasteiger partial charge in [-0.2, -0.15) is 0 Å². The molecule has 0 bridgehead atoms. The summed E-state index contributed by atoms with van der Waals surface area (Å²) in [6, 6.07) is -4.00. The van der Waals surface area contributed by atoms with E-state index in [-0.39, 0.29) is 48.1 Å². The molecule has 1 aliphatic carbocycles. The standard InChI is InChI=1S/C34H55N7O6S/c1-12-14-15-22(26(42)29(44)35-16-13-2)36-28(43)25-24-21(34(24,9)10)19-41(25)30(45)27(33(6,7)8)38-31(46)37-23(32(3,4)5)20-40-18-17-39(11)48(40)47/h1,13,21-25,27H,2,14-20H2,3-11H3,(H,35,44)(H,36,43)(H2,37,38,46)/t21-,22?,23+,24-,25-,27+,48?/m0/s1. The van der Waals surface area contributed by atoms with E-state index in [2.05, 4.69) is 33.8 Å². The maximum atomic E-state index is 14.4. The minimum atomic E-state index is -1.30. The summed E-state index contributed by atoms with van der Waals surface area (Å²) in [6.45, 7) is 21.1. The van der Waals surface area contributed by atoms with Gasteiger partial charge in [0.15, 0.2) is 0 Å². The van der Waals surface area contributed by atoms with Gasteiger partial charge < -0.3 is 30.7 Å². The molecule has 5 amide bonds. The summed E-state index contributed by atoms with van der Waals surface area (Å²) in [5.41, 5.74) is -1.34. The molecular formula is C34H55N7O6S. The Bertz CT molecular complexity index is 1300. The summed E-state index contributed by atoms with van der Waals surface area (Å²) in [6.07, 6.45) is 7.09. The van der Waals surface area contributed by atoms with Crippen LogP contribution in [-0.2, 0) is 30.7 Å². The molecule has 2 unspecified atom stereocenters. The van der Waals surface area contributed by atoms with Crippen molar-refractivity contribution in [1.82, 2.24) is 34.8 Å². The smallest absolute Gasteiger partial charge is 0.315 e. The summed E-state index contributed by atoms with van der Waals surface area (Å²) < 4.78 is 16.3. The van der Waals surface area contributed by atoms with Crippen molar-refractivity contribution >= 4 is 41.1 Å². The number of rotatable bonds is 13. The van der Waals surface area contributed by atoms with Crippen molar-refractivity contribution in [3.05, 3.63) is 12.7 Å². The predicted octanol–water partition coefficient (Wildman–Crippen LogP) is 1.19. The number of likely N-dealkylation sites (tertiary alicyclic amines) is 1. The molecule has 4 N–H and O–H groups in total. The maximum Gasteiger partial charge on any atom is 0.315 e. The molecule has 268 valence electrons. The van der Waals surface area contributed by atoms with Gasteiger partial charge in [-0.15, -0.1) is 27.5 Å². The van der Waals surface area contributed by atoms with E-state index in [1.807, 2.05) is 59.7 Å². The fraction of sp³-hybridized carbons (Fsp3) is 0.735. The van der Waals surface area contributed by atoms with Crippen LogP contribution in [0, 0.1) is 40.4 Å². The molecule has 2 saturated heterocycles. The van der Waals surface area contributed by atoms with Crippen LogP contribution in [0.25, 0.3) is 0 Å². The Balaban J connectivity index is 1.82. The van der Waals surface area contributed by atoms with Crippen LogP contribution in [-0.4, -0.2) is 112 Å². The first kappa shape index (κ1) is 39.3. The van der Waals surface area contributed by atoms with E-state index in [0.29, 0.717) is 26.2 Å². The number of piperidine rings is 1. The normalized spacial score (nSPS) is 25.6. The third-order valence-corrected chi connectivity index (χ3v) is 11.4. The van der Waals surface area contributed by atoms with Crippen LogP contribution in [0.3, 0.4) is 0 Å². The van der Waals surface area contributed by atoms with Crippen LogP contribution in [0.15, 0.2) is 12.7 Å². The van der Waals surface area contributed by atoms with Crippen LogP contribution < -0.4 is 21.3 Å².